The molecule has 1 N–H and O–H groups in total. The lowest BCUT2D eigenvalue weighted by molar-refractivity contribution is -0.167. The number of hydrogen-bond acceptors (Lipinski definition) is 6. The maximum absolute atomic E-state index is 12.0. The van der Waals surface area contributed by atoms with Crippen LogP contribution in [-0.4, -0.2) is 72.0 Å². The van der Waals surface area contributed by atoms with Gasteiger partial charge in [-0.05, 0) is 74.3 Å². The Labute approximate surface area is 272 Å². The Morgan fingerprint density at radius 3 is 1.82 bits per heavy atom. The van der Waals surface area contributed by atoms with E-state index >= 15 is 0 Å². The molecule has 0 aromatic rings. The van der Waals surface area contributed by atoms with Crippen LogP contribution in [0.1, 0.15) is 89.0 Å². The first-order valence-corrected chi connectivity index (χ1v) is 25.2. The molecule has 1 saturated heterocycles. The first kappa shape index (κ1) is 37.7. The van der Waals surface area contributed by atoms with Gasteiger partial charge >= 0.3 is 0 Å². The Morgan fingerprint density at radius 1 is 0.818 bits per heavy atom. The summed E-state index contributed by atoms with van der Waals surface area (Å²) in [5.74, 6) is 13.0. The Balaban J connectivity index is 2.27. The second kappa shape index (κ2) is 15.0. The largest absolute Gasteiger partial charge is 0.410 e. The van der Waals surface area contributed by atoms with Crippen LogP contribution in [-0.2, 0) is 22.8 Å². The Morgan fingerprint density at radius 2 is 1.34 bits per heavy atom. The summed E-state index contributed by atoms with van der Waals surface area (Å²) < 4.78 is 34.3. The van der Waals surface area contributed by atoms with Crippen molar-refractivity contribution < 1.29 is 27.9 Å². The van der Waals surface area contributed by atoms with Gasteiger partial charge in [0.2, 0.25) is 0 Å². The monoisotopic (exact) mass is 662 g/mol. The first-order chi connectivity index (χ1) is 20.8. The number of ether oxygens (including phenoxy) is 2. The topological polar surface area (TPSA) is 66.4 Å². The van der Waals surface area contributed by atoms with E-state index in [4.69, 9.17) is 22.8 Å². The first-order valence-electron chi connectivity index (χ1n) is 17.6. The standard InChI is InChI=1S/C35H62O6Si3/c1-12-42(13-2,14-3)39-30-26-29-23-25-35(32-28-37-33(10,11)38-32,41-44(18-7,19-8)20-9)31(36)22-21-24-34(29,27-30)40-43(15-4,16-5)17-6/h26,30-32,36H,12-20,24,27-28H2,1-11H3/t30-,31-,32+,34-,35-/m1/s1. The molecule has 6 nitrogen and oxygen atoms in total. The quantitative estimate of drug-likeness (QED) is 0.133. The molecular formula is C35H62O6Si3. The molecule has 5 atom stereocenters. The summed E-state index contributed by atoms with van der Waals surface area (Å²) in [6.45, 7) is 24.3. The van der Waals surface area contributed by atoms with Gasteiger partial charge in [-0.15, -0.1) is 0 Å². The van der Waals surface area contributed by atoms with Crippen molar-refractivity contribution >= 4 is 25.0 Å². The fraction of sp³-hybridized carbons (Fsp3) is 0.829. The molecule has 250 valence electrons. The SMILES string of the molecule is CC[Si](CC)(CC)O[C@@H]1C=C2C#C[C@](O[Si](CC)(CC)CC)([C@@H]3COC(C)(C)O3)[C@H](O)C#CC[C@@]2(O[Si](CC)(CC)CC)C1. The fourth-order valence-corrected chi connectivity index (χ4v) is 16.1. The molecule has 0 bridgehead atoms. The van der Waals surface area contributed by atoms with Gasteiger partial charge in [-0.3, -0.25) is 0 Å². The molecule has 1 heterocycles. The molecule has 0 aromatic carbocycles. The predicted molar refractivity (Wildman–Crippen MR) is 188 cm³/mol. The van der Waals surface area contributed by atoms with Gasteiger partial charge in [-0.2, -0.15) is 0 Å². The van der Waals surface area contributed by atoms with Crippen LogP contribution in [0.4, 0.5) is 0 Å². The maximum atomic E-state index is 12.0. The van der Waals surface area contributed by atoms with Crippen LogP contribution >= 0.6 is 0 Å². The zero-order chi connectivity index (χ0) is 32.9. The second-order valence-corrected chi connectivity index (χ2v) is 27.7. The van der Waals surface area contributed by atoms with Crippen molar-refractivity contribution in [3.8, 4) is 23.7 Å². The lowest BCUT2D eigenvalue weighted by Gasteiger charge is -2.43. The van der Waals surface area contributed by atoms with Crippen LogP contribution in [0.3, 0.4) is 0 Å². The van der Waals surface area contributed by atoms with Gasteiger partial charge in [-0.25, -0.2) is 0 Å². The number of hydrogen-bond donors (Lipinski definition) is 1. The second-order valence-electron chi connectivity index (χ2n) is 13.6. The molecule has 9 heteroatoms. The number of fused-ring (bicyclic) bond motifs is 1. The average molecular weight is 663 g/mol. The van der Waals surface area contributed by atoms with Gasteiger partial charge in [0.05, 0.1) is 12.7 Å². The summed E-state index contributed by atoms with van der Waals surface area (Å²) in [6.07, 6.45) is 1.63. The molecule has 0 aromatic heterocycles. The molecule has 0 radical (unpaired) electrons. The van der Waals surface area contributed by atoms with E-state index in [1.165, 1.54) is 0 Å². The van der Waals surface area contributed by atoms with Gasteiger partial charge in [0, 0.05) is 18.4 Å². The van der Waals surface area contributed by atoms with E-state index in [1.54, 1.807) is 0 Å². The van der Waals surface area contributed by atoms with Crippen LogP contribution in [0, 0.1) is 23.7 Å². The van der Waals surface area contributed by atoms with E-state index in [1.807, 2.05) is 13.8 Å². The molecule has 0 amide bonds. The highest BCUT2D eigenvalue weighted by atomic mass is 28.4. The van der Waals surface area contributed by atoms with Crippen molar-refractivity contribution in [3.05, 3.63) is 11.6 Å². The molecule has 44 heavy (non-hydrogen) atoms. The minimum Gasteiger partial charge on any atom is -0.410 e. The number of rotatable bonds is 16. The summed E-state index contributed by atoms with van der Waals surface area (Å²) in [5.41, 5.74) is -1.06. The molecule has 3 rings (SSSR count). The third kappa shape index (κ3) is 7.53. The van der Waals surface area contributed by atoms with Gasteiger partial charge in [0.15, 0.2) is 42.4 Å². The Hall–Kier alpha value is -0.729. The highest BCUT2D eigenvalue weighted by molar-refractivity contribution is 6.74. The van der Waals surface area contributed by atoms with Gasteiger partial charge < -0.3 is 27.9 Å². The molecule has 0 spiro atoms. The smallest absolute Gasteiger partial charge is 0.194 e. The minimum absolute atomic E-state index is 0.0649. The normalized spacial score (nSPS) is 30.3. The summed E-state index contributed by atoms with van der Waals surface area (Å²) in [5, 5.41) is 12.0. The lowest BCUT2D eigenvalue weighted by atomic mass is 9.90. The van der Waals surface area contributed by atoms with E-state index in [9.17, 15) is 5.11 Å². The summed E-state index contributed by atoms with van der Waals surface area (Å²) in [7, 11) is -6.25. The molecular weight excluding hydrogens is 601 g/mol. The van der Waals surface area contributed by atoms with E-state index in [-0.39, 0.29) is 12.7 Å². The van der Waals surface area contributed by atoms with Crippen LogP contribution in [0.2, 0.25) is 54.4 Å². The zero-order valence-corrected chi connectivity index (χ0v) is 32.8. The summed E-state index contributed by atoms with van der Waals surface area (Å²) >= 11 is 0. The highest BCUT2D eigenvalue weighted by Gasteiger charge is 2.56. The van der Waals surface area contributed by atoms with Crippen molar-refractivity contribution in [2.45, 2.75) is 179 Å². The highest BCUT2D eigenvalue weighted by Crippen LogP contribution is 2.45. The van der Waals surface area contributed by atoms with Crippen molar-refractivity contribution in [2.75, 3.05) is 6.61 Å². The number of aliphatic hydroxyl groups excluding tert-OH is 1. The van der Waals surface area contributed by atoms with Crippen LogP contribution in [0.25, 0.3) is 0 Å². The third-order valence-corrected chi connectivity index (χ3v) is 25.3. The molecule has 1 aliphatic heterocycles. The van der Waals surface area contributed by atoms with Crippen LogP contribution in [0.5, 0.6) is 0 Å². The summed E-state index contributed by atoms with van der Waals surface area (Å²) in [6, 6.07) is 9.13. The summed E-state index contributed by atoms with van der Waals surface area (Å²) in [4.78, 5) is 0. The zero-order valence-electron chi connectivity index (χ0n) is 29.8. The van der Waals surface area contributed by atoms with E-state index in [2.05, 4.69) is 92.1 Å². The molecule has 0 saturated carbocycles. The minimum atomic E-state index is -2.28. The third-order valence-electron chi connectivity index (χ3n) is 11.3. The molecule has 1 fully saturated rings. The van der Waals surface area contributed by atoms with Gasteiger partial charge in [0.1, 0.15) is 11.7 Å². The predicted octanol–water partition coefficient (Wildman–Crippen LogP) is 8.15. The molecule has 0 unspecified atom stereocenters. The fourth-order valence-electron chi connectivity index (χ4n) is 7.32. The van der Waals surface area contributed by atoms with Crippen molar-refractivity contribution in [1.82, 2.24) is 0 Å². The Bertz CT molecular complexity index is 1100. The van der Waals surface area contributed by atoms with Gasteiger partial charge in [0.25, 0.3) is 0 Å². The van der Waals surface area contributed by atoms with Crippen molar-refractivity contribution in [1.29, 1.82) is 0 Å². The lowest BCUT2D eigenvalue weighted by Crippen LogP contribution is -2.60. The van der Waals surface area contributed by atoms with Crippen LogP contribution < -0.4 is 0 Å². The average Bonchev–Trinajstić information content (AvgIpc) is 3.58. The number of aliphatic hydroxyl groups is 1. The van der Waals surface area contributed by atoms with E-state index in [0.29, 0.717) is 12.8 Å². The van der Waals surface area contributed by atoms with E-state index < -0.39 is 54.1 Å². The van der Waals surface area contributed by atoms with Crippen LogP contribution in [0.15, 0.2) is 11.6 Å². The molecule has 2 aliphatic carbocycles. The molecule has 3 aliphatic rings. The Kier molecular flexibility index (Phi) is 12.9. The van der Waals surface area contributed by atoms with Gasteiger partial charge in [-0.1, -0.05) is 86.0 Å². The maximum Gasteiger partial charge on any atom is 0.194 e. The van der Waals surface area contributed by atoms with Crippen molar-refractivity contribution in [2.24, 2.45) is 0 Å². The van der Waals surface area contributed by atoms with E-state index in [0.717, 1.165) is 60.0 Å². The van der Waals surface area contributed by atoms with Crippen molar-refractivity contribution in [3.63, 3.8) is 0 Å².